The van der Waals surface area contributed by atoms with Gasteiger partial charge in [-0.3, -0.25) is 9.18 Å². The van der Waals surface area contributed by atoms with Gasteiger partial charge in [-0.15, -0.1) is 0 Å². The number of amides is 1. The van der Waals surface area contributed by atoms with Gasteiger partial charge in [-0.2, -0.15) is 0 Å². The van der Waals surface area contributed by atoms with E-state index in [1.807, 2.05) is 0 Å². The summed E-state index contributed by atoms with van der Waals surface area (Å²) in [6.45, 7) is -0.232. The number of benzene rings is 1. The SMILES string of the molecule is COC(=O)[C@H](CCCCBC#N)NC(=O)c1cccc(OCCCF)c1. The van der Waals surface area contributed by atoms with Crippen molar-refractivity contribution >= 4 is 19.2 Å². The molecule has 0 aliphatic rings. The molecule has 1 N–H and O–H groups in total. The smallest absolute Gasteiger partial charge is 0.328 e. The number of hydrogen-bond donors (Lipinski definition) is 1. The Morgan fingerprint density at radius 3 is 2.85 bits per heavy atom. The molecular formula is C18H24BFN2O4. The minimum absolute atomic E-state index is 0.231. The van der Waals surface area contributed by atoms with Crippen LogP contribution in [-0.2, 0) is 9.53 Å². The lowest BCUT2D eigenvalue weighted by Crippen LogP contribution is -2.41. The van der Waals surface area contributed by atoms with Crippen LogP contribution in [0.25, 0.3) is 0 Å². The van der Waals surface area contributed by atoms with Crippen LogP contribution in [0.5, 0.6) is 5.75 Å². The summed E-state index contributed by atoms with van der Waals surface area (Å²) in [4.78, 5) is 24.3. The van der Waals surface area contributed by atoms with Crippen LogP contribution in [0.3, 0.4) is 0 Å². The van der Waals surface area contributed by atoms with E-state index in [-0.39, 0.29) is 13.0 Å². The topological polar surface area (TPSA) is 88.4 Å². The van der Waals surface area contributed by atoms with Crippen LogP contribution in [0.2, 0.25) is 6.32 Å². The number of carbonyl (C=O) groups is 2. The van der Waals surface area contributed by atoms with E-state index < -0.39 is 24.6 Å². The van der Waals surface area contributed by atoms with Crippen molar-refractivity contribution in [1.29, 1.82) is 5.26 Å². The van der Waals surface area contributed by atoms with Crippen molar-refractivity contribution in [2.75, 3.05) is 20.4 Å². The average molecular weight is 362 g/mol. The lowest BCUT2D eigenvalue weighted by molar-refractivity contribution is -0.143. The minimum atomic E-state index is -0.745. The zero-order valence-corrected chi connectivity index (χ0v) is 15.0. The van der Waals surface area contributed by atoms with Gasteiger partial charge in [-0.1, -0.05) is 25.2 Å². The van der Waals surface area contributed by atoms with E-state index in [4.69, 9.17) is 14.7 Å². The Kier molecular flexibility index (Phi) is 10.5. The van der Waals surface area contributed by atoms with Gasteiger partial charge in [0.2, 0.25) is 7.28 Å². The molecule has 0 fully saturated rings. The van der Waals surface area contributed by atoms with Gasteiger partial charge in [0.15, 0.2) is 0 Å². The highest BCUT2D eigenvalue weighted by Gasteiger charge is 2.21. The average Bonchev–Trinajstić information content (AvgIpc) is 2.66. The molecule has 8 heteroatoms. The number of alkyl halides is 1. The standard InChI is InChI=1S/C18H24BFN2O4/c1-25-18(24)16(8-2-3-9-19-13-21)22-17(23)14-6-4-7-15(12-14)26-11-5-10-20/h4,6-7,12,16,19H,2-3,5,8-11H2,1H3,(H,22,23)/t16-/m0/s1. The second kappa shape index (κ2) is 12.8. The van der Waals surface area contributed by atoms with Crippen LogP contribution in [0, 0.1) is 11.2 Å². The minimum Gasteiger partial charge on any atom is -0.493 e. The summed E-state index contributed by atoms with van der Waals surface area (Å²) in [5.41, 5.74) is 0.348. The number of unbranched alkanes of at least 4 members (excludes halogenated alkanes) is 1. The van der Waals surface area contributed by atoms with Gasteiger partial charge in [0.25, 0.3) is 5.91 Å². The van der Waals surface area contributed by atoms with Gasteiger partial charge in [0, 0.05) is 12.0 Å². The molecule has 0 saturated heterocycles. The van der Waals surface area contributed by atoms with Crippen LogP contribution >= 0.6 is 0 Å². The summed E-state index contributed by atoms with van der Waals surface area (Å²) in [5.74, 6) is 1.63. The van der Waals surface area contributed by atoms with Crippen molar-refractivity contribution in [3.05, 3.63) is 29.8 Å². The van der Waals surface area contributed by atoms with E-state index in [0.29, 0.717) is 31.4 Å². The third kappa shape index (κ3) is 8.01. The zero-order valence-electron chi connectivity index (χ0n) is 15.0. The maximum absolute atomic E-state index is 12.4. The summed E-state index contributed by atoms with van der Waals surface area (Å²) in [6, 6.07) is 5.76. The second-order valence-corrected chi connectivity index (χ2v) is 5.73. The molecule has 1 aromatic carbocycles. The molecule has 0 aliphatic heterocycles. The monoisotopic (exact) mass is 362 g/mol. The quantitative estimate of drug-likeness (QED) is 0.350. The predicted octanol–water partition coefficient (Wildman–Crippen LogP) is 2.20. The molecule has 140 valence electrons. The van der Waals surface area contributed by atoms with E-state index >= 15 is 0 Å². The van der Waals surface area contributed by atoms with Crippen LogP contribution < -0.4 is 10.1 Å². The number of rotatable bonds is 12. The zero-order chi connectivity index (χ0) is 19.2. The third-order valence-corrected chi connectivity index (χ3v) is 3.72. The molecule has 0 aromatic heterocycles. The first-order valence-corrected chi connectivity index (χ1v) is 8.66. The Hall–Kier alpha value is -2.56. The first-order valence-electron chi connectivity index (χ1n) is 8.66. The Balaban J connectivity index is 2.63. The van der Waals surface area contributed by atoms with Crippen molar-refractivity contribution in [3.63, 3.8) is 0 Å². The summed E-state index contributed by atoms with van der Waals surface area (Å²) in [6.07, 6.45) is 2.99. The summed E-state index contributed by atoms with van der Waals surface area (Å²) in [7, 11) is 1.75. The number of nitrogens with zero attached hydrogens (tertiary/aromatic N) is 1. The number of ether oxygens (including phenoxy) is 2. The molecule has 0 saturated carbocycles. The van der Waals surface area contributed by atoms with E-state index in [2.05, 4.69) is 11.3 Å². The van der Waals surface area contributed by atoms with Gasteiger partial charge >= 0.3 is 5.97 Å². The molecule has 0 unspecified atom stereocenters. The van der Waals surface area contributed by atoms with Crippen LogP contribution in [0.1, 0.15) is 36.0 Å². The van der Waals surface area contributed by atoms with E-state index in [9.17, 15) is 14.0 Å². The molecule has 1 rings (SSSR count). The van der Waals surface area contributed by atoms with Crippen molar-refractivity contribution in [2.24, 2.45) is 0 Å². The number of nitriles is 1. The normalized spacial score (nSPS) is 11.1. The number of halogens is 1. The number of nitrogens with one attached hydrogen (secondary N) is 1. The molecule has 6 nitrogen and oxygen atoms in total. The van der Waals surface area contributed by atoms with Crippen molar-refractivity contribution in [2.45, 2.75) is 38.0 Å². The molecule has 0 radical (unpaired) electrons. The first-order chi connectivity index (χ1) is 12.6. The van der Waals surface area contributed by atoms with Gasteiger partial charge in [0.1, 0.15) is 11.8 Å². The van der Waals surface area contributed by atoms with Gasteiger partial charge in [-0.25, -0.2) is 10.1 Å². The Bertz CT molecular complexity index is 621. The van der Waals surface area contributed by atoms with Gasteiger partial charge < -0.3 is 14.8 Å². The van der Waals surface area contributed by atoms with Gasteiger partial charge in [-0.05, 0) is 30.6 Å². The van der Waals surface area contributed by atoms with Crippen LogP contribution in [0.4, 0.5) is 4.39 Å². The summed E-state index contributed by atoms with van der Waals surface area (Å²) in [5, 5.41) is 11.2. The second-order valence-electron chi connectivity index (χ2n) is 5.73. The fourth-order valence-electron chi connectivity index (χ4n) is 2.33. The molecule has 0 heterocycles. The predicted molar refractivity (Wildman–Crippen MR) is 97.2 cm³/mol. The number of hydrogen-bond acceptors (Lipinski definition) is 5. The van der Waals surface area contributed by atoms with Gasteiger partial charge in [0.05, 0.1) is 20.4 Å². The maximum atomic E-state index is 12.4. The largest absolute Gasteiger partial charge is 0.493 e. The lowest BCUT2D eigenvalue weighted by atomic mass is 9.75. The number of esters is 1. The van der Waals surface area contributed by atoms with Crippen LogP contribution in [-0.4, -0.2) is 45.6 Å². The van der Waals surface area contributed by atoms with Crippen LogP contribution in [0.15, 0.2) is 24.3 Å². The van der Waals surface area contributed by atoms with E-state index in [1.165, 1.54) is 7.11 Å². The molecular weight excluding hydrogens is 338 g/mol. The number of carbonyl (C=O) groups excluding carboxylic acids is 2. The summed E-state index contributed by atoms with van der Waals surface area (Å²) < 4.78 is 22.2. The lowest BCUT2D eigenvalue weighted by Gasteiger charge is -2.16. The highest BCUT2D eigenvalue weighted by molar-refractivity contribution is 6.44. The third-order valence-electron chi connectivity index (χ3n) is 3.72. The molecule has 1 aromatic rings. The van der Waals surface area contributed by atoms with E-state index in [1.54, 1.807) is 24.3 Å². The summed E-state index contributed by atoms with van der Waals surface area (Å²) >= 11 is 0. The highest BCUT2D eigenvalue weighted by Crippen LogP contribution is 2.14. The molecule has 0 spiro atoms. The maximum Gasteiger partial charge on any atom is 0.328 e. The Morgan fingerprint density at radius 1 is 1.35 bits per heavy atom. The Morgan fingerprint density at radius 2 is 2.15 bits per heavy atom. The molecule has 0 bridgehead atoms. The van der Waals surface area contributed by atoms with Crippen molar-refractivity contribution in [3.8, 4) is 11.7 Å². The fourth-order valence-corrected chi connectivity index (χ4v) is 2.33. The van der Waals surface area contributed by atoms with Crippen molar-refractivity contribution in [1.82, 2.24) is 5.32 Å². The molecule has 1 atom stereocenters. The molecule has 1 amide bonds. The van der Waals surface area contributed by atoms with E-state index in [0.717, 1.165) is 12.7 Å². The Labute approximate surface area is 153 Å². The molecule has 0 aliphatic carbocycles. The number of methoxy groups -OCH3 is 1. The first kappa shape index (κ1) is 21.5. The highest BCUT2D eigenvalue weighted by atomic mass is 19.1. The van der Waals surface area contributed by atoms with Crippen molar-refractivity contribution < 1.29 is 23.5 Å². The fraction of sp³-hybridized carbons (Fsp3) is 0.500. The molecule has 26 heavy (non-hydrogen) atoms.